The number of nitrogens with one attached hydrogen (secondary N) is 1. The molecule has 126 valence electrons. The fourth-order valence-corrected chi connectivity index (χ4v) is 4.47. The van der Waals surface area contributed by atoms with Gasteiger partial charge in [-0.1, -0.05) is 29.5 Å². The zero-order chi connectivity index (χ0) is 17.3. The molecular weight excluding hydrogens is 342 g/mol. The van der Waals surface area contributed by atoms with Crippen molar-refractivity contribution in [1.29, 1.82) is 0 Å². The third kappa shape index (κ3) is 3.62. The molecular formula is C17H19N3O2S2. The number of benzene rings is 1. The summed E-state index contributed by atoms with van der Waals surface area (Å²) in [5.74, 6) is 0.545. The molecule has 1 aromatic heterocycles. The Morgan fingerprint density at radius 3 is 2.62 bits per heavy atom. The van der Waals surface area contributed by atoms with E-state index in [-0.39, 0.29) is 17.7 Å². The number of hydrogen-bond donors (Lipinski definition) is 1. The normalized spacial score (nSPS) is 14.3. The molecule has 1 fully saturated rings. The van der Waals surface area contributed by atoms with Crippen molar-refractivity contribution in [3.05, 3.63) is 34.2 Å². The predicted octanol–water partition coefficient (Wildman–Crippen LogP) is 3.84. The van der Waals surface area contributed by atoms with Gasteiger partial charge in [0.25, 0.3) is 5.24 Å². The first-order valence-electron chi connectivity index (χ1n) is 7.69. The SMILES string of the molecule is Cc1cc(C)c(-c2csc(NC(=O)CN3CCSC3=O)n2)c(C)c1. The van der Waals surface area contributed by atoms with Gasteiger partial charge in [-0.25, -0.2) is 4.98 Å². The highest BCUT2D eigenvalue weighted by Gasteiger charge is 2.23. The third-order valence-electron chi connectivity index (χ3n) is 3.86. The van der Waals surface area contributed by atoms with Crippen LogP contribution >= 0.6 is 23.1 Å². The van der Waals surface area contributed by atoms with Gasteiger partial charge in [-0.05, 0) is 31.9 Å². The number of thiazole rings is 1. The molecule has 2 heterocycles. The minimum atomic E-state index is -0.205. The fraction of sp³-hybridized carbons (Fsp3) is 0.353. The number of carbonyl (C=O) groups is 2. The van der Waals surface area contributed by atoms with Crippen molar-refractivity contribution < 1.29 is 9.59 Å². The van der Waals surface area contributed by atoms with Crippen molar-refractivity contribution in [3.63, 3.8) is 0 Å². The molecule has 0 saturated carbocycles. The highest BCUT2D eigenvalue weighted by Crippen LogP contribution is 2.31. The lowest BCUT2D eigenvalue weighted by molar-refractivity contribution is -0.116. The summed E-state index contributed by atoms with van der Waals surface area (Å²) >= 11 is 2.65. The molecule has 1 aromatic carbocycles. The summed E-state index contributed by atoms with van der Waals surface area (Å²) in [6, 6.07) is 4.27. The van der Waals surface area contributed by atoms with Crippen LogP contribution in [-0.4, -0.2) is 39.9 Å². The first kappa shape index (κ1) is 17.0. The molecule has 0 bridgehead atoms. The fourth-order valence-electron chi connectivity index (χ4n) is 2.93. The van der Waals surface area contributed by atoms with Crippen molar-refractivity contribution in [2.75, 3.05) is 24.2 Å². The number of aromatic nitrogens is 1. The molecule has 0 spiro atoms. The minimum Gasteiger partial charge on any atom is -0.323 e. The third-order valence-corrected chi connectivity index (χ3v) is 5.51. The van der Waals surface area contributed by atoms with E-state index in [4.69, 9.17) is 0 Å². The number of anilines is 1. The van der Waals surface area contributed by atoms with E-state index >= 15 is 0 Å². The van der Waals surface area contributed by atoms with Crippen molar-refractivity contribution >= 4 is 39.4 Å². The standard InChI is InChI=1S/C17H19N3O2S2/c1-10-6-11(2)15(12(3)7-10)13-9-24-16(18-13)19-14(21)8-20-4-5-23-17(20)22/h6-7,9H,4-5,8H2,1-3H3,(H,18,19,21). The van der Waals surface area contributed by atoms with Crippen LogP contribution in [0, 0.1) is 20.8 Å². The van der Waals surface area contributed by atoms with Crippen molar-refractivity contribution in [1.82, 2.24) is 9.88 Å². The number of carbonyl (C=O) groups excluding carboxylic acids is 2. The summed E-state index contributed by atoms with van der Waals surface area (Å²) < 4.78 is 0. The Hall–Kier alpha value is -1.86. The summed E-state index contributed by atoms with van der Waals surface area (Å²) in [5, 5.41) is 5.28. The van der Waals surface area contributed by atoms with Crippen molar-refractivity contribution in [3.8, 4) is 11.3 Å². The summed E-state index contributed by atoms with van der Waals surface area (Å²) in [6.45, 7) is 6.94. The van der Waals surface area contributed by atoms with Crippen LogP contribution in [0.1, 0.15) is 16.7 Å². The van der Waals surface area contributed by atoms with Gasteiger partial charge >= 0.3 is 0 Å². The van der Waals surface area contributed by atoms with Gasteiger partial charge in [0, 0.05) is 23.2 Å². The van der Waals surface area contributed by atoms with Gasteiger partial charge in [0.2, 0.25) is 5.91 Å². The largest absolute Gasteiger partial charge is 0.323 e. The van der Waals surface area contributed by atoms with E-state index in [1.165, 1.54) is 39.8 Å². The Morgan fingerprint density at radius 2 is 2.00 bits per heavy atom. The summed E-state index contributed by atoms with van der Waals surface area (Å²) in [5.41, 5.74) is 5.57. The molecule has 0 aliphatic carbocycles. The van der Waals surface area contributed by atoms with E-state index < -0.39 is 0 Å². The minimum absolute atomic E-state index is 0.0316. The van der Waals surface area contributed by atoms with E-state index in [1.54, 1.807) is 4.90 Å². The zero-order valence-electron chi connectivity index (χ0n) is 13.9. The number of thioether (sulfide) groups is 1. The number of amides is 2. The van der Waals surface area contributed by atoms with E-state index in [9.17, 15) is 9.59 Å². The van der Waals surface area contributed by atoms with Gasteiger partial charge in [0.05, 0.1) is 5.69 Å². The quantitative estimate of drug-likeness (QED) is 0.899. The molecule has 5 nitrogen and oxygen atoms in total. The van der Waals surface area contributed by atoms with Crippen LogP contribution in [-0.2, 0) is 4.79 Å². The van der Waals surface area contributed by atoms with Crippen LogP contribution in [0.5, 0.6) is 0 Å². The maximum absolute atomic E-state index is 12.1. The van der Waals surface area contributed by atoms with Crippen LogP contribution in [0.3, 0.4) is 0 Å². The van der Waals surface area contributed by atoms with Gasteiger partial charge in [0.1, 0.15) is 6.54 Å². The Morgan fingerprint density at radius 1 is 1.29 bits per heavy atom. The molecule has 0 radical (unpaired) electrons. The smallest absolute Gasteiger partial charge is 0.282 e. The second-order valence-corrected chi connectivity index (χ2v) is 7.80. The molecule has 24 heavy (non-hydrogen) atoms. The Balaban J connectivity index is 1.72. The molecule has 2 amide bonds. The van der Waals surface area contributed by atoms with Crippen LogP contribution in [0.4, 0.5) is 9.93 Å². The van der Waals surface area contributed by atoms with Crippen LogP contribution in [0.25, 0.3) is 11.3 Å². The molecule has 2 aromatic rings. The molecule has 0 unspecified atom stereocenters. The number of nitrogens with zero attached hydrogens (tertiary/aromatic N) is 2. The topological polar surface area (TPSA) is 62.3 Å². The van der Waals surface area contributed by atoms with Gasteiger partial charge in [-0.15, -0.1) is 11.3 Å². The molecule has 0 atom stereocenters. The predicted molar refractivity (Wildman–Crippen MR) is 99.8 cm³/mol. The van der Waals surface area contributed by atoms with E-state index in [0.29, 0.717) is 11.7 Å². The maximum atomic E-state index is 12.1. The number of hydrogen-bond acceptors (Lipinski definition) is 5. The molecule has 3 rings (SSSR count). The van der Waals surface area contributed by atoms with Crippen LogP contribution in [0.2, 0.25) is 0 Å². The molecule has 1 aliphatic rings. The molecule has 1 saturated heterocycles. The number of aryl methyl sites for hydroxylation is 3. The Kier molecular flexibility index (Phi) is 4.91. The highest BCUT2D eigenvalue weighted by molar-refractivity contribution is 8.13. The van der Waals surface area contributed by atoms with E-state index in [1.807, 2.05) is 5.38 Å². The van der Waals surface area contributed by atoms with Crippen LogP contribution < -0.4 is 5.32 Å². The van der Waals surface area contributed by atoms with E-state index in [0.717, 1.165) is 17.0 Å². The average molecular weight is 361 g/mol. The lowest BCUT2D eigenvalue weighted by atomic mass is 9.98. The lowest BCUT2D eigenvalue weighted by Crippen LogP contribution is -2.33. The number of rotatable bonds is 4. The zero-order valence-corrected chi connectivity index (χ0v) is 15.5. The summed E-state index contributed by atoms with van der Waals surface area (Å²) in [6.07, 6.45) is 0. The molecule has 1 N–H and O–H groups in total. The highest BCUT2D eigenvalue weighted by atomic mass is 32.2. The maximum Gasteiger partial charge on any atom is 0.282 e. The second-order valence-electron chi connectivity index (χ2n) is 5.90. The van der Waals surface area contributed by atoms with Gasteiger partial charge in [0.15, 0.2) is 5.13 Å². The first-order chi connectivity index (χ1) is 11.4. The second kappa shape index (κ2) is 6.94. The van der Waals surface area contributed by atoms with Gasteiger partial charge in [-0.2, -0.15) is 0 Å². The Labute approximate surface area is 149 Å². The summed E-state index contributed by atoms with van der Waals surface area (Å²) in [7, 11) is 0. The van der Waals surface area contributed by atoms with Gasteiger partial charge < -0.3 is 10.2 Å². The van der Waals surface area contributed by atoms with Crippen LogP contribution in [0.15, 0.2) is 17.5 Å². The average Bonchev–Trinajstić information content (AvgIpc) is 3.08. The summed E-state index contributed by atoms with van der Waals surface area (Å²) in [4.78, 5) is 29.7. The molecule has 7 heteroatoms. The first-order valence-corrected chi connectivity index (χ1v) is 9.56. The lowest BCUT2D eigenvalue weighted by Gasteiger charge is -2.13. The van der Waals surface area contributed by atoms with Gasteiger partial charge in [-0.3, -0.25) is 9.59 Å². The monoisotopic (exact) mass is 361 g/mol. The Bertz CT molecular complexity index is 778. The van der Waals surface area contributed by atoms with Crippen molar-refractivity contribution in [2.45, 2.75) is 20.8 Å². The molecule has 1 aliphatic heterocycles. The van der Waals surface area contributed by atoms with E-state index in [2.05, 4.69) is 43.2 Å². The van der Waals surface area contributed by atoms with Crippen molar-refractivity contribution in [2.24, 2.45) is 0 Å².